The molecule has 0 bridgehead atoms. The molecule has 0 spiro atoms. The summed E-state index contributed by atoms with van der Waals surface area (Å²) in [6, 6.07) is 6.24. The average molecular weight is 391 g/mol. The lowest BCUT2D eigenvalue weighted by molar-refractivity contribution is -0.118. The Kier molecular flexibility index (Phi) is 7.83. The van der Waals surface area contributed by atoms with Crippen molar-refractivity contribution in [3.8, 4) is 0 Å². The Morgan fingerprint density at radius 3 is 2.86 bits per heavy atom. The number of carbonyl (C=O) groups excluding carboxylic acids is 1. The number of hydrogen-bond acceptors (Lipinski definition) is 3. The second-order valence-electron chi connectivity index (χ2n) is 6.02. The molecule has 6 heteroatoms. The van der Waals surface area contributed by atoms with Crippen molar-refractivity contribution in [1.82, 2.24) is 4.90 Å². The normalized spacial score (nSPS) is 22.0. The van der Waals surface area contributed by atoms with Gasteiger partial charge in [-0.05, 0) is 65.9 Å². The molecule has 1 aromatic rings. The lowest BCUT2D eigenvalue weighted by atomic mass is 9.92. The molecule has 2 rings (SSSR count). The Morgan fingerprint density at radius 1 is 1.50 bits per heavy atom. The van der Waals surface area contributed by atoms with Crippen molar-refractivity contribution in [3.63, 3.8) is 0 Å². The maximum Gasteiger partial charge on any atom is 0.238 e. The third-order valence-corrected chi connectivity index (χ3v) is 4.77. The highest BCUT2D eigenvalue weighted by Gasteiger charge is 2.26. The zero-order chi connectivity index (χ0) is 15.4. The van der Waals surface area contributed by atoms with Crippen LogP contribution in [0.1, 0.15) is 25.3 Å². The van der Waals surface area contributed by atoms with Crippen LogP contribution in [0, 0.1) is 12.8 Å². The number of amides is 1. The summed E-state index contributed by atoms with van der Waals surface area (Å²) in [4.78, 5) is 14.5. The summed E-state index contributed by atoms with van der Waals surface area (Å²) in [7, 11) is 0. The Balaban J connectivity index is 0.00000242. The minimum absolute atomic E-state index is 0. The molecule has 0 aromatic heterocycles. The van der Waals surface area contributed by atoms with Crippen molar-refractivity contribution >= 4 is 39.9 Å². The van der Waals surface area contributed by atoms with Crippen molar-refractivity contribution in [3.05, 3.63) is 28.2 Å². The van der Waals surface area contributed by atoms with Gasteiger partial charge in [0.15, 0.2) is 0 Å². The number of nitrogens with two attached hydrogens (primary N) is 1. The largest absolute Gasteiger partial charge is 0.329 e. The van der Waals surface area contributed by atoms with Gasteiger partial charge in [0.25, 0.3) is 0 Å². The molecule has 22 heavy (non-hydrogen) atoms. The highest BCUT2D eigenvalue weighted by molar-refractivity contribution is 9.10. The molecular formula is C16H25BrClN3O. The maximum atomic E-state index is 12.2. The number of anilines is 1. The Bertz CT molecular complexity index is 512. The standard InChI is InChI=1S/C16H24BrN3O.ClH/c1-11-3-4-15(14(17)8-11)19-16(21)10-20-6-5-12(2)7-13(20)9-18;/h3-4,8,12-13H,5-7,9-10,18H2,1-2H3,(H,19,21);1H. The van der Waals surface area contributed by atoms with Gasteiger partial charge in [0.05, 0.1) is 12.2 Å². The first kappa shape index (κ1) is 19.4. The van der Waals surface area contributed by atoms with E-state index in [0.29, 0.717) is 25.0 Å². The fourth-order valence-corrected chi connectivity index (χ4v) is 3.44. The van der Waals surface area contributed by atoms with Gasteiger partial charge >= 0.3 is 0 Å². The van der Waals surface area contributed by atoms with E-state index in [-0.39, 0.29) is 18.3 Å². The van der Waals surface area contributed by atoms with Crippen LogP contribution in [0.5, 0.6) is 0 Å². The molecule has 3 N–H and O–H groups in total. The molecule has 4 nitrogen and oxygen atoms in total. The van der Waals surface area contributed by atoms with E-state index in [4.69, 9.17) is 5.73 Å². The fourth-order valence-electron chi connectivity index (χ4n) is 2.85. The van der Waals surface area contributed by atoms with Crippen LogP contribution in [-0.2, 0) is 4.79 Å². The summed E-state index contributed by atoms with van der Waals surface area (Å²) in [5.74, 6) is 0.719. The molecule has 1 aromatic carbocycles. The lowest BCUT2D eigenvalue weighted by Crippen LogP contribution is -2.49. The number of nitrogens with one attached hydrogen (secondary N) is 1. The van der Waals surface area contributed by atoms with Crippen LogP contribution in [0.2, 0.25) is 0 Å². The molecule has 1 saturated heterocycles. The van der Waals surface area contributed by atoms with Crippen molar-refractivity contribution in [2.75, 3.05) is 25.0 Å². The van der Waals surface area contributed by atoms with Crippen molar-refractivity contribution < 1.29 is 4.79 Å². The smallest absolute Gasteiger partial charge is 0.238 e. The molecule has 0 aliphatic carbocycles. The van der Waals surface area contributed by atoms with E-state index in [9.17, 15) is 4.79 Å². The number of hydrogen-bond donors (Lipinski definition) is 2. The van der Waals surface area contributed by atoms with Gasteiger partial charge in [0.2, 0.25) is 5.91 Å². The summed E-state index contributed by atoms with van der Waals surface area (Å²) >= 11 is 3.49. The van der Waals surface area contributed by atoms with Gasteiger partial charge in [-0.25, -0.2) is 0 Å². The van der Waals surface area contributed by atoms with E-state index in [1.807, 2.05) is 25.1 Å². The van der Waals surface area contributed by atoms with Gasteiger partial charge in [-0.2, -0.15) is 0 Å². The van der Waals surface area contributed by atoms with Gasteiger partial charge in [-0.15, -0.1) is 12.4 Å². The molecule has 124 valence electrons. The Hall–Kier alpha value is -0.620. The molecule has 0 saturated carbocycles. The molecule has 0 radical (unpaired) electrons. The van der Waals surface area contributed by atoms with Crippen molar-refractivity contribution in [2.24, 2.45) is 11.7 Å². The van der Waals surface area contributed by atoms with E-state index >= 15 is 0 Å². The van der Waals surface area contributed by atoms with Crippen molar-refractivity contribution in [2.45, 2.75) is 32.7 Å². The van der Waals surface area contributed by atoms with Gasteiger partial charge in [-0.3, -0.25) is 9.69 Å². The molecule has 2 unspecified atom stereocenters. The number of halogens is 2. The Labute approximate surface area is 147 Å². The van der Waals surface area contributed by atoms with Crippen molar-refractivity contribution in [1.29, 1.82) is 0 Å². The Morgan fingerprint density at radius 2 is 2.23 bits per heavy atom. The van der Waals surface area contributed by atoms with Crippen LogP contribution >= 0.6 is 28.3 Å². The van der Waals surface area contributed by atoms with Crippen LogP contribution in [0.4, 0.5) is 5.69 Å². The highest BCUT2D eigenvalue weighted by atomic mass is 79.9. The molecule has 1 fully saturated rings. The summed E-state index contributed by atoms with van der Waals surface area (Å²) < 4.78 is 0.915. The number of piperidine rings is 1. The highest BCUT2D eigenvalue weighted by Crippen LogP contribution is 2.24. The SMILES string of the molecule is Cc1ccc(NC(=O)CN2CCC(C)CC2CN)c(Br)c1.Cl. The van der Waals surface area contributed by atoms with Gasteiger partial charge in [0, 0.05) is 17.1 Å². The van der Waals surface area contributed by atoms with Crippen LogP contribution in [0.15, 0.2) is 22.7 Å². The van der Waals surface area contributed by atoms with Crippen LogP contribution in [-0.4, -0.2) is 36.5 Å². The van der Waals surface area contributed by atoms with Crippen LogP contribution < -0.4 is 11.1 Å². The molecule has 1 aliphatic rings. The van der Waals surface area contributed by atoms with Gasteiger partial charge in [0.1, 0.15) is 0 Å². The molecule has 1 aliphatic heterocycles. The third kappa shape index (κ3) is 5.23. The number of likely N-dealkylation sites (tertiary alicyclic amines) is 1. The molecule has 2 atom stereocenters. The summed E-state index contributed by atoms with van der Waals surface area (Å²) in [5.41, 5.74) is 7.82. The number of nitrogens with zero attached hydrogens (tertiary/aromatic N) is 1. The predicted molar refractivity (Wildman–Crippen MR) is 97.6 cm³/mol. The second-order valence-corrected chi connectivity index (χ2v) is 6.88. The monoisotopic (exact) mass is 389 g/mol. The first-order chi connectivity index (χ1) is 9.99. The average Bonchev–Trinajstić information content (AvgIpc) is 2.44. The van der Waals surface area contributed by atoms with E-state index < -0.39 is 0 Å². The summed E-state index contributed by atoms with van der Waals surface area (Å²) in [5, 5.41) is 2.97. The number of carbonyl (C=O) groups is 1. The molecular weight excluding hydrogens is 366 g/mol. The third-order valence-electron chi connectivity index (χ3n) is 4.12. The van der Waals surface area contributed by atoms with E-state index in [0.717, 1.165) is 35.1 Å². The topological polar surface area (TPSA) is 58.4 Å². The lowest BCUT2D eigenvalue weighted by Gasteiger charge is -2.37. The van der Waals surface area contributed by atoms with E-state index in [1.165, 1.54) is 0 Å². The fraction of sp³-hybridized carbons (Fsp3) is 0.562. The number of aryl methyl sites for hydroxylation is 1. The molecule has 1 amide bonds. The number of rotatable bonds is 4. The quantitative estimate of drug-likeness (QED) is 0.830. The van der Waals surface area contributed by atoms with Crippen LogP contribution in [0.25, 0.3) is 0 Å². The zero-order valence-electron chi connectivity index (χ0n) is 13.1. The van der Waals surface area contributed by atoms with E-state index in [2.05, 4.69) is 33.1 Å². The minimum Gasteiger partial charge on any atom is -0.329 e. The molecule has 1 heterocycles. The second kappa shape index (κ2) is 8.87. The first-order valence-corrected chi connectivity index (χ1v) is 8.29. The summed E-state index contributed by atoms with van der Waals surface area (Å²) in [6.07, 6.45) is 2.22. The number of benzene rings is 1. The van der Waals surface area contributed by atoms with Crippen LogP contribution in [0.3, 0.4) is 0 Å². The maximum absolute atomic E-state index is 12.2. The van der Waals surface area contributed by atoms with Gasteiger partial charge in [-0.1, -0.05) is 13.0 Å². The first-order valence-electron chi connectivity index (χ1n) is 7.49. The summed E-state index contributed by atoms with van der Waals surface area (Å²) in [6.45, 7) is 6.26. The minimum atomic E-state index is 0. The van der Waals surface area contributed by atoms with Gasteiger partial charge < -0.3 is 11.1 Å². The van der Waals surface area contributed by atoms with E-state index in [1.54, 1.807) is 0 Å². The zero-order valence-corrected chi connectivity index (χ0v) is 15.5. The predicted octanol–water partition coefficient (Wildman–Crippen LogP) is 3.18.